The predicted molar refractivity (Wildman–Crippen MR) is 51.2 cm³/mol. The van der Waals surface area contributed by atoms with Crippen LogP contribution in [0.3, 0.4) is 0 Å². The molecule has 0 radical (unpaired) electrons. The third-order valence-corrected chi connectivity index (χ3v) is 1.72. The Morgan fingerprint density at radius 1 is 1.09 bits per heavy atom. The van der Waals surface area contributed by atoms with Gasteiger partial charge in [0.05, 0.1) is 0 Å². The number of hydrogen-bond acceptors (Lipinski definition) is 2. The summed E-state index contributed by atoms with van der Waals surface area (Å²) in [6.07, 6.45) is 2.08. The molecule has 0 spiro atoms. The van der Waals surface area contributed by atoms with E-state index in [1.165, 1.54) is 4.90 Å². The minimum atomic E-state index is 1.33. The van der Waals surface area contributed by atoms with Gasteiger partial charge in [-0.25, -0.2) is 0 Å². The summed E-state index contributed by atoms with van der Waals surface area (Å²) in [5.74, 6) is 0. The molecule has 1 rings (SSSR count). The summed E-state index contributed by atoms with van der Waals surface area (Å²) >= 11 is 1.77. The Morgan fingerprint density at radius 3 is 1.82 bits per heavy atom. The van der Waals surface area contributed by atoms with Gasteiger partial charge in [-0.05, 0) is 18.4 Å². The van der Waals surface area contributed by atoms with Crippen LogP contribution in [0.4, 0.5) is 0 Å². The van der Waals surface area contributed by atoms with Crippen LogP contribution in [0.1, 0.15) is 0 Å². The molecule has 1 aromatic carbocycles. The van der Waals surface area contributed by atoms with Gasteiger partial charge in [0, 0.05) is 19.1 Å². The lowest BCUT2D eigenvalue weighted by molar-refractivity contribution is 0.277. The smallest absolute Gasteiger partial charge is 0.0351 e. The van der Waals surface area contributed by atoms with Gasteiger partial charge in [0.1, 0.15) is 0 Å². The molecule has 62 valence electrons. The Bertz CT molecular complexity index is 162. The number of hydrogen-bond donors (Lipinski definition) is 0. The van der Waals surface area contributed by atoms with Crippen molar-refractivity contribution in [3.8, 4) is 0 Å². The van der Waals surface area contributed by atoms with Crippen molar-refractivity contribution in [1.29, 1.82) is 0 Å². The molecular weight excluding hydrogens is 156 g/mol. The van der Waals surface area contributed by atoms with E-state index in [-0.39, 0.29) is 0 Å². The van der Waals surface area contributed by atoms with Crippen molar-refractivity contribution in [2.45, 2.75) is 4.90 Å². The monoisotopic (exact) mass is 170 g/mol. The van der Waals surface area contributed by atoms with Crippen molar-refractivity contribution in [3.05, 3.63) is 30.3 Å². The highest BCUT2D eigenvalue weighted by molar-refractivity contribution is 7.98. The van der Waals surface area contributed by atoms with E-state index in [9.17, 15) is 0 Å². The van der Waals surface area contributed by atoms with Crippen molar-refractivity contribution in [3.63, 3.8) is 0 Å². The lowest BCUT2D eigenvalue weighted by atomic mass is 10.4. The summed E-state index contributed by atoms with van der Waals surface area (Å²) in [5.41, 5.74) is 0. The van der Waals surface area contributed by atoms with Gasteiger partial charge in [0.25, 0.3) is 0 Å². The highest BCUT2D eigenvalue weighted by Gasteiger charge is 1.80. The molecule has 1 nitrogen and oxygen atoms in total. The molecule has 0 aromatic heterocycles. The first-order chi connectivity index (χ1) is 5.35. The van der Waals surface area contributed by atoms with Gasteiger partial charge < -0.3 is 4.74 Å². The SMILES string of the molecule is COC.CSc1ccccc1. The normalized spacial score (nSPS) is 8.27. The molecule has 0 aliphatic heterocycles. The molecule has 0 heterocycles. The summed E-state index contributed by atoms with van der Waals surface area (Å²) in [6.45, 7) is 0. The van der Waals surface area contributed by atoms with Crippen LogP contribution in [-0.2, 0) is 4.74 Å². The number of benzene rings is 1. The highest BCUT2D eigenvalue weighted by Crippen LogP contribution is 2.11. The maximum atomic E-state index is 4.25. The average Bonchev–Trinajstić information content (AvgIpc) is 2.08. The molecule has 0 N–H and O–H groups in total. The molecule has 0 saturated carbocycles. The van der Waals surface area contributed by atoms with E-state index in [1.54, 1.807) is 26.0 Å². The molecule has 0 aliphatic carbocycles. The summed E-state index contributed by atoms with van der Waals surface area (Å²) in [5, 5.41) is 0. The Labute approximate surface area is 72.8 Å². The van der Waals surface area contributed by atoms with Crippen molar-refractivity contribution in [2.75, 3.05) is 20.5 Å². The van der Waals surface area contributed by atoms with Crippen LogP contribution in [0.15, 0.2) is 35.2 Å². The van der Waals surface area contributed by atoms with Crippen LogP contribution in [0.5, 0.6) is 0 Å². The second kappa shape index (κ2) is 7.63. The van der Waals surface area contributed by atoms with Crippen LogP contribution in [0.2, 0.25) is 0 Å². The van der Waals surface area contributed by atoms with E-state index < -0.39 is 0 Å². The molecule has 0 aliphatic rings. The molecule has 0 unspecified atom stereocenters. The summed E-state index contributed by atoms with van der Waals surface area (Å²) in [4.78, 5) is 1.33. The minimum absolute atomic E-state index is 1.33. The molecule has 0 atom stereocenters. The van der Waals surface area contributed by atoms with Crippen LogP contribution >= 0.6 is 11.8 Å². The van der Waals surface area contributed by atoms with Gasteiger partial charge in [-0.15, -0.1) is 11.8 Å². The van der Waals surface area contributed by atoms with E-state index in [4.69, 9.17) is 0 Å². The standard InChI is InChI=1S/C7H8S.C2H6O/c1-8-7-5-3-2-4-6-7;1-3-2/h2-6H,1H3;1-2H3. The predicted octanol–water partition coefficient (Wildman–Crippen LogP) is 2.67. The largest absolute Gasteiger partial charge is 0.388 e. The summed E-state index contributed by atoms with van der Waals surface area (Å²) in [7, 11) is 3.25. The van der Waals surface area contributed by atoms with E-state index in [2.05, 4.69) is 23.1 Å². The molecule has 0 saturated heterocycles. The van der Waals surface area contributed by atoms with Crippen molar-refractivity contribution >= 4 is 11.8 Å². The lowest BCUT2D eigenvalue weighted by Crippen LogP contribution is -1.62. The fraction of sp³-hybridized carbons (Fsp3) is 0.333. The molecule has 0 amide bonds. The number of methoxy groups -OCH3 is 1. The Kier molecular flexibility index (Phi) is 7.31. The van der Waals surface area contributed by atoms with Gasteiger partial charge in [0.2, 0.25) is 0 Å². The second-order valence-electron chi connectivity index (χ2n) is 1.93. The maximum Gasteiger partial charge on any atom is 0.0351 e. The van der Waals surface area contributed by atoms with E-state index in [0.29, 0.717) is 0 Å². The van der Waals surface area contributed by atoms with Crippen LogP contribution in [0.25, 0.3) is 0 Å². The van der Waals surface area contributed by atoms with E-state index >= 15 is 0 Å². The zero-order chi connectivity index (χ0) is 8.53. The van der Waals surface area contributed by atoms with E-state index in [0.717, 1.165) is 0 Å². The highest BCUT2D eigenvalue weighted by atomic mass is 32.2. The molecule has 2 heteroatoms. The minimum Gasteiger partial charge on any atom is -0.388 e. The maximum absolute atomic E-state index is 4.25. The van der Waals surface area contributed by atoms with Crippen LogP contribution in [-0.4, -0.2) is 20.5 Å². The fourth-order valence-electron chi connectivity index (χ4n) is 0.557. The molecule has 11 heavy (non-hydrogen) atoms. The van der Waals surface area contributed by atoms with Gasteiger partial charge in [-0.3, -0.25) is 0 Å². The first kappa shape index (κ1) is 10.5. The van der Waals surface area contributed by atoms with Crippen molar-refractivity contribution in [2.24, 2.45) is 0 Å². The topological polar surface area (TPSA) is 9.23 Å². The fourth-order valence-corrected chi connectivity index (χ4v) is 0.986. The summed E-state index contributed by atoms with van der Waals surface area (Å²) in [6, 6.07) is 10.3. The van der Waals surface area contributed by atoms with Crippen LogP contribution in [0, 0.1) is 0 Å². The average molecular weight is 170 g/mol. The van der Waals surface area contributed by atoms with Gasteiger partial charge >= 0.3 is 0 Å². The Hall–Kier alpha value is -0.470. The third-order valence-electron chi connectivity index (χ3n) is 0.979. The number of ether oxygens (including phenoxy) is 1. The van der Waals surface area contributed by atoms with Gasteiger partial charge in [-0.1, -0.05) is 18.2 Å². The molecule has 1 aromatic rings. The van der Waals surface area contributed by atoms with Crippen molar-refractivity contribution in [1.82, 2.24) is 0 Å². The molecule has 0 fully saturated rings. The number of thioether (sulfide) groups is 1. The zero-order valence-corrected chi connectivity index (χ0v) is 8.02. The first-order valence-corrected chi connectivity index (χ1v) is 4.56. The van der Waals surface area contributed by atoms with Crippen LogP contribution < -0.4 is 0 Å². The van der Waals surface area contributed by atoms with E-state index in [1.807, 2.05) is 18.2 Å². The first-order valence-electron chi connectivity index (χ1n) is 3.34. The Balaban J connectivity index is 0.000000292. The molecular formula is C9H14OS. The quantitative estimate of drug-likeness (QED) is 0.599. The number of rotatable bonds is 1. The summed E-state index contributed by atoms with van der Waals surface area (Å²) < 4.78 is 4.25. The second-order valence-corrected chi connectivity index (χ2v) is 2.81. The lowest BCUT2D eigenvalue weighted by Gasteiger charge is -1.89. The van der Waals surface area contributed by atoms with Gasteiger partial charge in [0.15, 0.2) is 0 Å². The Morgan fingerprint density at radius 2 is 1.55 bits per heavy atom. The molecule has 0 bridgehead atoms. The van der Waals surface area contributed by atoms with Crippen molar-refractivity contribution < 1.29 is 4.74 Å². The van der Waals surface area contributed by atoms with Gasteiger partial charge in [-0.2, -0.15) is 0 Å². The zero-order valence-electron chi connectivity index (χ0n) is 7.20. The third kappa shape index (κ3) is 5.95.